The molecule has 1 aromatic carbocycles. The highest BCUT2D eigenvalue weighted by atomic mass is 15.0. The Kier molecular flexibility index (Phi) is 3.67. The summed E-state index contributed by atoms with van der Waals surface area (Å²) in [6.07, 6.45) is 1.06. The van der Waals surface area contributed by atoms with Gasteiger partial charge >= 0.3 is 0 Å². The molecule has 0 aliphatic rings. The van der Waals surface area contributed by atoms with E-state index in [0.29, 0.717) is 11.5 Å². The molecule has 4 heteroatoms. The molecule has 5 N–H and O–H groups in total. The molecule has 0 amide bonds. The second-order valence-corrected chi connectivity index (χ2v) is 4.19. The summed E-state index contributed by atoms with van der Waals surface area (Å²) in [5.74, 6) is 1.10. The van der Waals surface area contributed by atoms with E-state index in [1.54, 1.807) is 6.07 Å². The second-order valence-electron chi connectivity index (χ2n) is 4.19. The maximum Gasteiger partial charge on any atom is 0.149 e. The van der Waals surface area contributed by atoms with Crippen molar-refractivity contribution in [1.82, 2.24) is 4.98 Å². The Hall–Kier alpha value is -2.23. The molecule has 18 heavy (non-hydrogen) atoms. The third-order valence-corrected chi connectivity index (χ3v) is 2.86. The summed E-state index contributed by atoms with van der Waals surface area (Å²) in [5, 5.41) is 3.22. The number of nitrogens with two attached hydrogens (primary N) is 2. The van der Waals surface area contributed by atoms with E-state index in [4.69, 9.17) is 11.5 Å². The lowest BCUT2D eigenvalue weighted by Gasteiger charge is -2.08. The highest BCUT2D eigenvalue weighted by Crippen LogP contribution is 2.15. The molecule has 0 fully saturated rings. The van der Waals surface area contributed by atoms with Gasteiger partial charge in [0.1, 0.15) is 11.6 Å². The first kappa shape index (κ1) is 12.2. The van der Waals surface area contributed by atoms with E-state index in [9.17, 15) is 0 Å². The quantitative estimate of drug-likeness (QED) is 0.769. The number of nitrogens with zero attached hydrogens (tertiary/aromatic N) is 1. The first-order chi connectivity index (χ1) is 8.69. The van der Waals surface area contributed by atoms with Crippen LogP contribution in [0.2, 0.25) is 0 Å². The molecule has 0 unspecified atom stereocenters. The molecule has 0 aliphatic carbocycles. The van der Waals surface area contributed by atoms with Gasteiger partial charge in [-0.3, -0.25) is 0 Å². The minimum atomic E-state index is 0.362. The van der Waals surface area contributed by atoms with Crippen molar-refractivity contribution in [2.24, 2.45) is 0 Å². The average Bonchev–Trinajstić information content (AvgIpc) is 2.41. The van der Waals surface area contributed by atoms with E-state index in [2.05, 4.69) is 41.5 Å². The molecular formula is C14H18N4. The fourth-order valence-electron chi connectivity index (χ4n) is 1.67. The van der Waals surface area contributed by atoms with Gasteiger partial charge in [0, 0.05) is 6.54 Å². The fourth-order valence-corrected chi connectivity index (χ4v) is 1.67. The van der Waals surface area contributed by atoms with E-state index < -0.39 is 0 Å². The summed E-state index contributed by atoms with van der Waals surface area (Å²) < 4.78 is 0. The Morgan fingerprint density at radius 2 is 1.67 bits per heavy atom. The number of hydrogen-bond acceptors (Lipinski definition) is 4. The Morgan fingerprint density at radius 1 is 1.00 bits per heavy atom. The van der Waals surface area contributed by atoms with Crippen molar-refractivity contribution >= 4 is 17.3 Å². The number of anilines is 3. The van der Waals surface area contributed by atoms with Crippen molar-refractivity contribution in [3.63, 3.8) is 0 Å². The van der Waals surface area contributed by atoms with Crippen LogP contribution in [0.25, 0.3) is 0 Å². The van der Waals surface area contributed by atoms with Gasteiger partial charge in [0.15, 0.2) is 0 Å². The third kappa shape index (κ3) is 2.91. The number of aromatic nitrogens is 1. The normalized spacial score (nSPS) is 10.3. The minimum absolute atomic E-state index is 0.362. The molecule has 0 bridgehead atoms. The molecule has 0 spiro atoms. The second kappa shape index (κ2) is 5.40. The Balaban J connectivity index is 1.99. The molecule has 0 aliphatic heterocycles. The Morgan fingerprint density at radius 3 is 2.28 bits per heavy atom. The van der Waals surface area contributed by atoms with Crippen LogP contribution in [0.4, 0.5) is 17.3 Å². The van der Waals surface area contributed by atoms with Crippen LogP contribution in [-0.2, 0) is 13.0 Å². The Labute approximate surface area is 107 Å². The van der Waals surface area contributed by atoms with Gasteiger partial charge in [0.05, 0.1) is 5.69 Å². The summed E-state index contributed by atoms with van der Waals surface area (Å²) in [6.45, 7) is 2.87. The molecule has 2 aromatic rings. The number of nitrogens with one attached hydrogen (secondary N) is 1. The number of hydrogen-bond donors (Lipinski definition) is 3. The predicted octanol–water partition coefficient (Wildman–Crippen LogP) is 2.42. The van der Waals surface area contributed by atoms with E-state index in [1.165, 1.54) is 11.1 Å². The summed E-state index contributed by atoms with van der Waals surface area (Å²) in [7, 11) is 0. The predicted molar refractivity (Wildman–Crippen MR) is 76.2 cm³/mol. The summed E-state index contributed by atoms with van der Waals surface area (Å²) >= 11 is 0. The van der Waals surface area contributed by atoms with Gasteiger partial charge in [-0.25, -0.2) is 4.98 Å². The van der Waals surface area contributed by atoms with Crippen LogP contribution in [0.1, 0.15) is 18.1 Å². The number of benzene rings is 1. The highest BCUT2D eigenvalue weighted by Gasteiger charge is 1.99. The van der Waals surface area contributed by atoms with Gasteiger partial charge in [0.25, 0.3) is 0 Å². The summed E-state index contributed by atoms with van der Waals surface area (Å²) in [5.41, 5.74) is 14.3. The zero-order valence-electron chi connectivity index (χ0n) is 10.5. The van der Waals surface area contributed by atoms with Crippen LogP contribution < -0.4 is 16.8 Å². The van der Waals surface area contributed by atoms with Crippen molar-refractivity contribution in [3.8, 4) is 0 Å². The summed E-state index contributed by atoms with van der Waals surface area (Å²) in [6, 6.07) is 12.1. The molecule has 2 rings (SSSR count). The maximum absolute atomic E-state index is 5.65. The lowest BCUT2D eigenvalue weighted by atomic mass is 10.1. The molecular weight excluding hydrogens is 224 g/mol. The maximum atomic E-state index is 5.65. The molecule has 1 heterocycles. The van der Waals surface area contributed by atoms with Gasteiger partial charge in [0.2, 0.25) is 0 Å². The van der Waals surface area contributed by atoms with Crippen molar-refractivity contribution in [1.29, 1.82) is 0 Å². The smallest absolute Gasteiger partial charge is 0.149 e. The van der Waals surface area contributed by atoms with Crippen LogP contribution in [0, 0.1) is 0 Å². The van der Waals surface area contributed by atoms with Crippen molar-refractivity contribution in [3.05, 3.63) is 47.5 Å². The standard InChI is InChI=1S/C14H18N4/c1-2-10-3-5-11(6-4-10)9-17-13-8-7-12(15)14(16)18-13/h3-8H,2,9,15H2,1H3,(H3,16,17,18). The molecule has 94 valence electrons. The largest absolute Gasteiger partial charge is 0.396 e. The molecule has 0 radical (unpaired) electrons. The zero-order chi connectivity index (χ0) is 13.0. The van der Waals surface area contributed by atoms with Gasteiger partial charge in [-0.15, -0.1) is 0 Å². The Bertz CT molecular complexity index is 520. The lowest BCUT2D eigenvalue weighted by Crippen LogP contribution is -2.04. The van der Waals surface area contributed by atoms with E-state index in [0.717, 1.165) is 18.8 Å². The van der Waals surface area contributed by atoms with Crippen molar-refractivity contribution in [2.75, 3.05) is 16.8 Å². The summed E-state index contributed by atoms with van der Waals surface area (Å²) in [4.78, 5) is 4.16. The molecule has 0 saturated carbocycles. The SMILES string of the molecule is CCc1ccc(CNc2ccc(N)c(N)n2)cc1. The van der Waals surface area contributed by atoms with Crippen LogP contribution in [0.3, 0.4) is 0 Å². The first-order valence-electron chi connectivity index (χ1n) is 6.02. The monoisotopic (exact) mass is 242 g/mol. The third-order valence-electron chi connectivity index (χ3n) is 2.86. The minimum Gasteiger partial charge on any atom is -0.396 e. The van der Waals surface area contributed by atoms with Crippen LogP contribution in [-0.4, -0.2) is 4.98 Å². The average molecular weight is 242 g/mol. The van der Waals surface area contributed by atoms with Gasteiger partial charge in [-0.05, 0) is 29.7 Å². The lowest BCUT2D eigenvalue weighted by molar-refractivity contribution is 1.09. The van der Waals surface area contributed by atoms with Gasteiger partial charge < -0.3 is 16.8 Å². The van der Waals surface area contributed by atoms with Crippen LogP contribution >= 0.6 is 0 Å². The first-order valence-corrected chi connectivity index (χ1v) is 6.02. The van der Waals surface area contributed by atoms with E-state index >= 15 is 0 Å². The highest BCUT2D eigenvalue weighted by molar-refractivity contribution is 5.61. The van der Waals surface area contributed by atoms with E-state index in [1.807, 2.05) is 6.07 Å². The van der Waals surface area contributed by atoms with Crippen LogP contribution in [0.15, 0.2) is 36.4 Å². The van der Waals surface area contributed by atoms with Gasteiger partial charge in [-0.1, -0.05) is 31.2 Å². The fraction of sp³-hybridized carbons (Fsp3) is 0.214. The van der Waals surface area contributed by atoms with Crippen LogP contribution in [0.5, 0.6) is 0 Å². The molecule has 1 aromatic heterocycles. The number of nitrogen functional groups attached to an aromatic ring is 2. The molecule has 0 atom stereocenters. The number of rotatable bonds is 4. The van der Waals surface area contributed by atoms with Gasteiger partial charge in [-0.2, -0.15) is 0 Å². The topological polar surface area (TPSA) is 77.0 Å². The van der Waals surface area contributed by atoms with Crippen molar-refractivity contribution < 1.29 is 0 Å². The van der Waals surface area contributed by atoms with Crippen molar-refractivity contribution in [2.45, 2.75) is 19.9 Å². The molecule has 0 saturated heterocycles. The van der Waals surface area contributed by atoms with E-state index in [-0.39, 0.29) is 0 Å². The zero-order valence-corrected chi connectivity index (χ0v) is 10.5. The number of pyridine rings is 1. The molecule has 4 nitrogen and oxygen atoms in total. The number of aryl methyl sites for hydroxylation is 1.